The SMILES string of the molecule is C=C(Br)Cn1cc([N+](=O)[O-])ccc1=O. The third kappa shape index (κ3) is 2.53. The van der Waals surface area contributed by atoms with E-state index in [2.05, 4.69) is 22.5 Å². The molecule has 0 aliphatic heterocycles. The van der Waals surface area contributed by atoms with Gasteiger partial charge in [-0.1, -0.05) is 22.5 Å². The summed E-state index contributed by atoms with van der Waals surface area (Å²) in [7, 11) is 0. The number of nitro groups is 1. The Bertz CT molecular complexity index is 438. The first-order valence-electron chi connectivity index (χ1n) is 3.69. The van der Waals surface area contributed by atoms with Crippen LogP contribution in [0.1, 0.15) is 0 Å². The molecule has 0 aromatic carbocycles. The Morgan fingerprint density at radius 2 is 2.29 bits per heavy atom. The van der Waals surface area contributed by atoms with Crippen molar-refractivity contribution in [2.45, 2.75) is 6.54 Å². The summed E-state index contributed by atoms with van der Waals surface area (Å²) in [6.07, 6.45) is 1.19. The number of hydrogen-bond acceptors (Lipinski definition) is 3. The number of pyridine rings is 1. The minimum atomic E-state index is -0.549. The molecule has 74 valence electrons. The van der Waals surface area contributed by atoms with Gasteiger partial charge in [0.25, 0.3) is 11.2 Å². The molecule has 14 heavy (non-hydrogen) atoms. The van der Waals surface area contributed by atoms with Crippen molar-refractivity contribution in [2.75, 3.05) is 0 Å². The lowest BCUT2D eigenvalue weighted by Gasteiger charge is -2.02. The molecule has 5 nitrogen and oxygen atoms in total. The van der Waals surface area contributed by atoms with Gasteiger partial charge < -0.3 is 4.57 Å². The van der Waals surface area contributed by atoms with E-state index < -0.39 is 4.92 Å². The Hall–Kier alpha value is -1.43. The number of halogens is 1. The highest BCUT2D eigenvalue weighted by molar-refractivity contribution is 9.11. The first kappa shape index (κ1) is 10.6. The Labute approximate surface area is 87.9 Å². The predicted octanol–water partition coefficient (Wildman–Crippen LogP) is 1.67. The van der Waals surface area contributed by atoms with Crippen molar-refractivity contribution in [1.29, 1.82) is 0 Å². The molecule has 0 bridgehead atoms. The quantitative estimate of drug-likeness (QED) is 0.612. The van der Waals surface area contributed by atoms with Crippen molar-refractivity contribution in [3.8, 4) is 0 Å². The molecule has 0 saturated carbocycles. The molecule has 1 aromatic rings. The van der Waals surface area contributed by atoms with Gasteiger partial charge in [0, 0.05) is 16.6 Å². The van der Waals surface area contributed by atoms with Gasteiger partial charge in [-0.05, 0) is 0 Å². The Kier molecular flexibility index (Phi) is 3.19. The lowest BCUT2D eigenvalue weighted by Crippen LogP contribution is -2.18. The second-order valence-corrected chi connectivity index (χ2v) is 3.75. The van der Waals surface area contributed by atoms with Crippen LogP contribution in [-0.4, -0.2) is 9.49 Å². The van der Waals surface area contributed by atoms with Crippen LogP contribution in [0.25, 0.3) is 0 Å². The van der Waals surface area contributed by atoms with E-state index >= 15 is 0 Å². The van der Waals surface area contributed by atoms with Gasteiger partial charge in [0.1, 0.15) is 0 Å². The monoisotopic (exact) mass is 258 g/mol. The normalized spacial score (nSPS) is 9.79. The molecule has 0 spiro atoms. The molecule has 0 unspecified atom stereocenters. The first-order chi connectivity index (χ1) is 6.50. The number of hydrogen-bond donors (Lipinski definition) is 0. The summed E-state index contributed by atoms with van der Waals surface area (Å²) in [5, 5.41) is 10.4. The summed E-state index contributed by atoms with van der Waals surface area (Å²) in [6.45, 7) is 3.78. The van der Waals surface area contributed by atoms with E-state index in [1.807, 2.05) is 0 Å². The highest BCUT2D eigenvalue weighted by Gasteiger charge is 2.07. The van der Waals surface area contributed by atoms with E-state index in [1.165, 1.54) is 16.8 Å². The standard InChI is InChI=1S/C8H7BrN2O3/c1-6(9)4-10-5-7(11(13)14)2-3-8(10)12/h2-3,5H,1,4H2. The molecule has 1 heterocycles. The molecule has 0 atom stereocenters. The van der Waals surface area contributed by atoms with Crippen LogP contribution in [0.4, 0.5) is 5.69 Å². The molecule has 6 heteroatoms. The number of nitrogens with zero attached hydrogens (tertiary/aromatic N) is 2. The van der Waals surface area contributed by atoms with E-state index in [1.54, 1.807) is 0 Å². The van der Waals surface area contributed by atoms with Crippen molar-refractivity contribution in [3.63, 3.8) is 0 Å². The van der Waals surface area contributed by atoms with E-state index in [-0.39, 0.29) is 17.8 Å². The fraction of sp³-hybridized carbons (Fsp3) is 0.125. The second-order valence-electron chi connectivity index (χ2n) is 2.63. The van der Waals surface area contributed by atoms with Gasteiger partial charge in [0.15, 0.2) is 0 Å². The minimum Gasteiger partial charge on any atom is -0.304 e. The van der Waals surface area contributed by atoms with Crippen molar-refractivity contribution in [2.24, 2.45) is 0 Å². The van der Waals surface area contributed by atoms with Gasteiger partial charge in [-0.3, -0.25) is 14.9 Å². The Morgan fingerprint density at radius 3 is 2.79 bits per heavy atom. The third-order valence-electron chi connectivity index (χ3n) is 1.52. The molecule has 0 aliphatic rings. The zero-order valence-corrected chi connectivity index (χ0v) is 8.73. The van der Waals surface area contributed by atoms with Crippen molar-refractivity contribution < 1.29 is 4.92 Å². The molecule has 0 N–H and O–H groups in total. The molecule has 0 fully saturated rings. The van der Waals surface area contributed by atoms with Gasteiger partial charge in [-0.25, -0.2) is 0 Å². The van der Waals surface area contributed by atoms with Crippen LogP contribution in [0.5, 0.6) is 0 Å². The molecule has 1 aromatic heterocycles. The van der Waals surface area contributed by atoms with Gasteiger partial charge >= 0.3 is 0 Å². The van der Waals surface area contributed by atoms with Crippen LogP contribution < -0.4 is 5.56 Å². The topological polar surface area (TPSA) is 65.1 Å². The van der Waals surface area contributed by atoms with Gasteiger partial charge in [-0.15, -0.1) is 0 Å². The average Bonchev–Trinajstić information content (AvgIpc) is 2.07. The number of allylic oxidation sites excluding steroid dienone is 1. The molecule has 1 rings (SSSR count). The summed E-state index contributed by atoms with van der Waals surface area (Å²) in [4.78, 5) is 21.1. The van der Waals surface area contributed by atoms with Crippen LogP contribution in [0.15, 0.2) is 34.2 Å². The Balaban J connectivity index is 3.15. The average molecular weight is 259 g/mol. The van der Waals surface area contributed by atoms with Crippen LogP contribution in [0.3, 0.4) is 0 Å². The lowest BCUT2D eigenvalue weighted by molar-refractivity contribution is -0.385. The van der Waals surface area contributed by atoms with Crippen molar-refractivity contribution in [3.05, 3.63) is 49.9 Å². The van der Waals surface area contributed by atoms with Crippen LogP contribution >= 0.6 is 15.9 Å². The largest absolute Gasteiger partial charge is 0.304 e. The van der Waals surface area contributed by atoms with Crippen LogP contribution in [0.2, 0.25) is 0 Å². The Morgan fingerprint density at radius 1 is 1.64 bits per heavy atom. The van der Waals surface area contributed by atoms with E-state index in [9.17, 15) is 14.9 Å². The smallest absolute Gasteiger partial charge is 0.285 e. The van der Waals surface area contributed by atoms with Crippen molar-refractivity contribution >= 4 is 21.6 Å². The van der Waals surface area contributed by atoms with Crippen LogP contribution in [0, 0.1) is 10.1 Å². The maximum atomic E-state index is 11.2. The molecule has 0 radical (unpaired) electrons. The van der Waals surface area contributed by atoms with Gasteiger partial charge in [0.05, 0.1) is 17.7 Å². The third-order valence-corrected chi connectivity index (χ3v) is 1.77. The summed E-state index contributed by atoms with van der Waals surface area (Å²) < 4.78 is 1.80. The second kappa shape index (κ2) is 4.19. The molecule has 0 saturated heterocycles. The number of rotatable bonds is 3. The van der Waals surface area contributed by atoms with E-state index in [0.29, 0.717) is 4.48 Å². The minimum absolute atomic E-state index is 0.113. The first-order valence-corrected chi connectivity index (χ1v) is 4.48. The predicted molar refractivity (Wildman–Crippen MR) is 55.4 cm³/mol. The molecule has 0 amide bonds. The zero-order valence-electron chi connectivity index (χ0n) is 7.14. The van der Waals surface area contributed by atoms with Gasteiger partial charge in [0.2, 0.25) is 0 Å². The maximum Gasteiger partial charge on any atom is 0.285 e. The van der Waals surface area contributed by atoms with Gasteiger partial charge in [-0.2, -0.15) is 0 Å². The summed E-state index contributed by atoms with van der Waals surface area (Å²) >= 11 is 3.08. The number of aromatic nitrogens is 1. The highest BCUT2D eigenvalue weighted by Crippen LogP contribution is 2.09. The van der Waals surface area contributed by atoms with Crippen LogP contribution in [-0.2, 0) is 6.54 Å². The fourth-order valence-corrected chi connectivity index (χ4v) is 1.21. The highest BCUT2D eigenvalue weighted by atomic mass is 79.9. The molecular weight excluding hydrogens is 252 g/mol. The van der Waals surface area contributed by atoms with E-state index in [0.717, 1.165) is 6.07 Å². The maximum absolute atomic E-state index is 11.2. The zero-order chi connectivity index (χ0) is 10.7. The summed E-state index contributed by atoms with van der Waals surface area (Å²) in [5.41, 5.74) is -0.408. The summed E-state index contributed by atoms with van der Waals surface area (Å²) in [5.74, 6) is 0. The van der Waals surface area contributed by atoms with E-state index in [4.69, 9.17) is 0 Å². The fourth-order valence-electron chi connectivity index (χ4n) is 0.935. The lowest BCUT2D eigenvalue weighted by atomic mass is 10.4. The van der Waals surface area contributed by atoms with Crippen molar-refractivity contribution in [1.82, 2.24) is 4.57 Å². The molecular formula is C8H7BrN2O3. The summed E-state index contributed by atoms with van der Waals surface area (Å²) in [6, 6.07) is 2.34. The molecule has 0 aliphatic carbocycles.